The van der Waals surface area contributed by atoms with Crippen LogP contribution in [0.15, 0.2) is 47.6 Å². The van der Waals surface area contributed by atoms with Gasteiger partial charge in [-0.15, -0.1) is 10.2 Å². The van der Waals surface area contributed by atoms with Gasteiger partial charge in [-0.25, -0.2) is 0 Å². The lowest BCUT2D eigenvalue weighted by Gasteiger charge is -2.16. The summed E-state index contributed by atoms with van der Waals surface area (Å²) < 4.78 is 41.6. The normalized spacial score (nSPS) is 13.0. The molecular formula is C23H21F3N4OS. The molecule has 0 aliphatic rings. The number of halogens is 3. The molecule has 166 valence electrons. The maximum Gasteiger partial charge on any atom is 0.418 e. The number of pyridine rings is 1. The van der Waals surface area contributed by atoms with Gasteiger partial charge in [0.2, 0.25) is 5.91 Å². The van der Waals surface area contributed by atoms with Crippen molar-refractivity contribution in [1.82, 2.24) is 14.6 Å². The van der Waals surface area contributed by atoms with Crippen molar-refractivity contribution in [2.45, 2.75) is 44.3 Å². The van der Waals surface area contributed by atoms with Crippen molar-refractivity contribution in [2.75, 3.05) is 5.32 Å². The van der Waals surface area contributed by atoms with Gasteiger partial charge in [-0.1, -0.05) is 35.5 Å². The van der Waals surface area contributed by atoms with Gasteiger partial charge >= 0.3 is 6.18 Å². The van der Waals surface area contributed by atoms with Crippen LogP contribution in [0.3, 0.4) is 0 Å². The van der Waals surface area contributed by atoms with Gasteiger partial charge in [0.1, 0.15) is 0 Å². The highest BCUT2D eigenvalue weighted by Gasteiger charge is 2.34. The number of amides is 1. The number of thioether (sulfide) groups is 1. The fraction of sp³-hybridized carbons (Fsp3) is 0.261. The number of aryl methyl sites for hydroxylation is 3. The molecule has 0 aliphatic heterocycles. The molecule has 0 radical (unpaired) electrons. The van der Waals surface area contributed by atoms with Crippen LogP contribution in [0.1, 0.15) is 29.2 Å². The summed E-state index contributed by atoms with van der Waals surface area (Å²) >= 11 is 1.15. The summed E-state index contributed by atoms with van der Waals surface area (Å²) in [7, 11) is 0. The molecule has 4 aromatic rings. The molecule has 1 atom stereocenters. The van der Waals surface area contributed by atoms with Crippen LogP contribution in [-0.4, -0.2) is 25.8 Å². The zero-order valence-electron chi connectivity index (χ0n) is 17.9. The molecule has 0 fully saturated rings. The quantitative estimate of drug-likeness (QED) is 0.384. The van der Waals surface area contributed by atoms with E-state index < -0.39 is 22.9 Å². The number of carbonyl (C=O) groups is 1. The third-order valence-corrected chi connectivity index (χ3v) is 6.28. The highest BCUT2D eigenvalue weighted by atomic mass is 32.2. The Hall–Kier alpha value is -3.07. The Morgan fingerprint density at radius 2 is 1.78 bits per heavy atom. The number of fused-ring (bicyclic) bond motifs is 3. The van der Waals surface area contributed by atoms with E-state index in [9.17, 15) is 18.0 Å². The average Bonchev–Trinajstić information content (AvgIpc) is 3.09. The third kappa shape index (κ3) is 4.04. The maximum absolute atomic E-state index is 13.2. The van der Waals surface area contributed by atoms with Crippen LogP contribution < -0.4 is 5.32 Å². The molecule has 1 unspecified atom stereocenters. The van der Waals surface area contributed by atoms with E-state index in [1.807, 2.05) is 31.2 Å². The molecule has 2 heterocycles. The number of carbonyl (C=O) groups excluding carboxylic acids is 1. The van der Waals surface area contributed by atoms with E-state index in [0.717, 1.165) is 45.4 Å². The van der Waals surface area contributed by atoms with E-state index in [0.29, 0.717) is 10.8 Å². The van der Waals surface area contributed by atoms with Crippen molar-refractivity contribution in [3.05, 3.63) is 64.7 Å². The molecule has 0 saturated carbocycles. The van der Waals surface area contributed by atoms with Crippen LogP contribution in [0, 0.1) is 20.8 Å². The number of rotatable bonds is 4. The predicted molar refractivity (Wildman–Crippen MR) is 120 cm³/mol. The first kappa shape index (κ1) is 22.1. The summed E-state index contributed by atoms with van der Waals surface area (Å²) in [4.78, 5) is 12.7. The molecule has 2 aromatic carbocycles. The minimum Gasteiger partial charge on any atom is -0.325 e. The first-order valence-corrected chi connectivity index (χ1v) is 10.8. The Morgan fingerprint density at radius 3 is 2.50 bits per heavy atom. The molecule has 0 saturated heterocycles. The topological polar surface area (TPSA) is 59.3 Å². The first-order valence-electron chi connectivity index (χ1n) is 9.95. The first-order chi connectivity index (χ1) is 15.1. The summed E-state index contributed by atoms with van der Waals surface area (Å²) in [6.45, 7) is 7.68. The van der Waals surface area contributed by atoms with E-state index in [4.69, 9.17) is 0 Å². The molecule has 32 heavy (non-hydrogen) atoms. The molecule has 5 nitrogen and oxygen atoms in total. The zero-order valence-corrected chi connectivity index (χ0v) is 18.7. The van der Waals surface area contributed by atoms with Gasteiger partial charge in [-0.05, 0) is 63.1 Å². The van der Waals surface area contributed by atoms with Gasteiger partial charge in [0.15, 0.2) is 10.8 Å². The number of para-hydroxylation sites is 1. The summed E-state index contributed by atoms with van der Waals surface area (Å²) in [5.41, 5.74) is 3.70. The predicted octanol–water partition coefficient (Wildman–Crippen LogP) is 5.95. The minimum absolute atomic E-state index is 0.268. The van der Waals surface area contributed by atoms with E-state index in [-0.39, 0.29) is 5.69 Å². The van der Waals surface area contributed by atoms with Crippen molar-refractivity contribution >= 4 is 39.9 Å². The molecule has 0 spiro atoms. The number of hydrogen-bond donors (Lipinski definition) is 1. The molecule has 1 amide bonds. The van der Waals surface area contributed by atoms with Crippen molar-refractivity contribution in [3.63, 3.8) is 0 Å². The highest BCUT2D eigenvalue weighted by Crippen LogP contribution is 2.35. The molecule has 9 heteroatoms. The molecule has 1 N–H and O–H groups in total. The van der Waals surface area contributed by atoms with E-state index in [1.165, 1.54) is 18.2 Å². The average molecular weight is 459 g/mol. The Kier molecular flexibility index (Phi) is 5.62. The minimum atomic E-state index is -4.56. The Balaban J connectivity index is 1.67. The van der Waals surface area contributed by atoms with Gasteiger partial charge in [-0.3, -0.25) is 9.20 Å². The molecule has 4 rings (SSSR count). The molecule has 2 aromatic heterocycles. The van der Waals surface area contributed by atoms with Crippen LogP contribution in [-0.2, 0) is 11.0 Å². The fourth-order valence-electron chi connectivity index (χ4n) is 3.78. The summed E-state index contributed by atoms with van der Waals surface area (Å²) in [5, 5.41) is 11.8. The van der Waals surface area contributed by atoms with E-state index in [1.54, 1.807) is 6.92 Å². The standard InChI is InChI=1S/C23H21F3N4OS/c1-12-9-14(3)20-16(10-12)13(2)11-19-28-29-22(30(19)20)32-15(4)21(31)27-18-8-6-5-7-17(18)23(24,25)26/h5-11,15H,1-4H3,(H,27,31). The second-order valence-corrected chi connectivity index (χ2v) is 9.08. The second-order valence-electron chi connectivity index (χ2n) is 7.77. The highest BCUT2D eigenvalue weighted by molar-refractivity contribution is 8.00. The van der Waals surface area contributed by atoms with Gasteiger partial charge in [0.05, 0.1) is 22.0 Å². The van der Waals surface area contributed by atoms with Crippen LogP contribution >= 0.6 is 11.8 Å². The lowest BCUT2D eigenvalue weighted by atomic mass is 10.0. The number of nitrogens with one attached hydrogen (secondary N) is 1. The lowest BCUT2D eigenvalue weighted by molar-refractivity contribution is -0.137. The van der Waals surface area contributed by atoms with Gasteiger partial charge < -0.3 is 5.32 Å². The zero-order chi connectivity index (χ0) is 23.2. The Labute approximate surface area is 187 Å². The van der Waals surface area contributed by atoms with Crippen molar-refractivity contribution < 1.29 is 18.0 Å². The van der Waals surface area contributed by atoms with E-state index >= 15 is 0 Å². The summed E-state index contributed by atoms with van der Waals surface area (Å²) in [6.07, 6.45) is -4.56. The van der Waals surface area contributed by atoms with Gasteiger partial charge in [-0.2, -0.15) is 13.2 Å². The Bertz CT molecular complexity index is 1350. The number of hydrogen-bond acceptors (Lipinski definition) is 4. The lowest BCUT2D eigenvalue weighted by Crippen LogP contribution is -2.24. The van der Waals surface area contributed by atoms with Crippen molar-refractivity contribution in [2.24, 2.45) is 0 Å². The Morgan fingerprint density at radius 1 is 1.06 bits per heavy atom. The number of anilines is 1. The third-order valence-electron chi connectivity index (χ3n) is 5.24. The van der Waals surface area contributed by atoms with Gasteiger partial charge in [0, 0.05) is 5.39 Å². The van der Waals surface area contributed by atoms with Crippen LogP contribution in [0.4, 0.5) is 18.9 Å². The van der Waals surface area contributed by atoms with Crippen molar-refractivity contribution in [1.29, 1.82) is 0 Å². The van der Waals surface area contributed by atoms with E-state index in [2.05, 4.69) is 27.6 Å². The fourth-order valence-corrected chi connectivity index (χ4v) is 4.64. The molecule has 0 bridgehead atoms. The second kappa shape index (κ2) is 8.12. The maximum atomic E-state index is 13.2. The monoisotopic (exact) mass is 458 g/mol. The number of alkyl halides is 3. The number of nitrogens with zero attached hydrogens (tertiary/aromatic N) is 3. The number of aromatic nitrogens is 3. The molecular weight excluding hydrogens is 437 g/mol. The molecule has 0 aliphatic carbocycles. The van der Waals surface area contributed by atoms with Gasteiger partial charge in [0.25, 0.3) is 0 Å². The van der Waals surface area contributed by atoms with Crippen LogP contribution in [0.5, 0.6) is 0 Å². The summed E-state index contributed by atoms with van der Waals surface area (Å²) in [6, 6.07) is 11.0. The SMILES string of the molecule is Cc1cc(C)c2c(c1)c(C)cc1nnc(SC(C)C(=O)Nc3ccccc3C(F)(F)F)n12. The number of benzene rings is 2. The largest absolute Gasteiger partial charge is 0.418 e. The van der Waals surface area contributed by atoms with Crippen LogP contribution in [0.2, 0.25) is 0 Å². The summed E-state index contributed by atoms with van der Waals surface area (Å²) in [5.74, 6) is -0.549. The van der Waals surface area contributed by atoms with Crippen molar-refractivity contribution in [3.8, 4) is 0 Å². The smallest absolute Gasteiger partial charge is 0.325 e. The van der Waals surface area contributed by atoms with Crippen LogP contribution in [0.25, 0.3) is 16.6 Å².